The highest BCUT2D eigenvalue weighted by Crippen LogP contribution is 2.34. The Balaban J connectivity index is 1.56. The molecule has 0 bridgehead atoms. The lowest BCUT2D eigenvalue weighted by Crippen LogP contribution is -2.30. The summed E-state index contributed by atoms with van der Waals surface area (Å²) in [4.78, 5) is 33.7. The van der Waals surface area contributed by atoms with Crippen LogP contribution in [0.5, 0.6) is 0 Å². The summed E-state index contributed by atoms with van der Waals surface area (Å²) in [6, 6.07) is 11.3. The normalized spacial score (nSPS) is 19.4. The van der Waals surface area contributed by atoms with E-state index in [9.17, 15) is 14.7 Å². The van der Waals surface area contributed by atoms with Crippen LogP contribution in [-0.4, -0.2) is 44.9 Å². The number of amides is 1. The molecular weight excluding hydrogens is 362 g/mol. The van der Waals surface area contributed by atoms with Crippen molar-refractivity contribution in [3.05, 3.63) is 64.2 Å². The summed E-state index contributed by atoms with van der Waals surface area (Å²) in [5.41, 5.74) is 3.09. The molecule has 0 saturated carbocycles. The Hall–Kier alpha value is -2.93. The van der Waals surface area contributed by atoms with E-state index in [4.69, 9.17) is 0 Å². The maximum Gasteiger partial charge on any atom is 0.308 e. The van der Waals surface area contributed by atoms with Gasteiger partial charge in [0.2, 0.25) is 0 Å². The van der Waals surface area contributed by atoms with Crippen LogP contribution in [-0.2, 0) is 4.79 Å². The molecular formula is C20H19N3O3S. The number of aryl methyl sites for hydroxylation is 1. The third-order valence-electron chi connectivity index (χ3n) is 4.98. The van der Waals surface area contributed by atoms with Crippen molar-refractivity contribution < 1.29 is 14.7 Å². The van der Waals surface area contributed by atoms with Crippen LogP contribution < -0.4 is 0 Å². The van der Waals surface area contributed by atoms with E-state index in [-0.39, 0.29) is 18.4 Å². The molecule has 1 aliphatic rings. The first-order chi connectivity index (χ1) is 13.0. The van der Waals surface area contributed by atoms with Crippen LogP contribution in [0, 0.1) is 12.8 Å². The highest BCUT2D eigenvalue weighted by Gasteiger charge is 2.40. The van der Waals surface area contributed by atoms with Crippen molar-refractivity contribution in [1.82, 2.24) is 14.9 Å². The van der Waals surface area contributed by atoms with E-state index in [0.717, 1.165) is 21.8 Å². The van der Waals surface area contributed by atoms with Crippen molar-refractivity contribution in [1.29, 1.82) is 0 Å². The summed E-state index contributed by atoms with van der Waals surface area (Å²) in [5.74, 6) is -1.86. The van der Waals surface area contributed by atoms with Gasteiger partial charge in [0.1, 0.15) is 5.69 Å². The molecule has 27 heavy (non-hydrogen) atoms. The van der Waals surface area contributed by atoms with Crippen molar-refractivity contribution in [3.8, 4) is 11.3 Å². The van der Waals surface area contributed by atoms with Gasteiger partial charge in [-0.05, 0) is 18.6 Å². The number of carboxylic acid groups (broad SMARTS) is 1. The van der Waals surface area contributed by atoms with E-state index in [1.165, 1.54) is 0 Å². The molecule has 7 heteroatoms. The molecule has 2 aromatic heterocycles. The van der Waals surface area contributed by atoms with E-state index >= 15 is 0 Å². The first-order valence-electron chi connectivity index (χ1n) is 8.71. The molecule has 6 nitrogen and oxygen atoms in total. The number of hydrogen-bond donors (Lipinski definition) is 2. The number of carbonyl (C=O) groups excluding carboxylic acids is 1. The van der Waals surface area contributed by atoms with Gasteiger partial charge in [0.25, 0.3) is 5.91 Å². The summed E-state index contributed by atoms with van der Waals surface area (Å²) in [7, 11) is 0. The third-order valence-corrected chi connectivity index (χ3v) is 5.75. The average Bonchev–Trinajstić information content (AvgIpc) is 3.40. The zero-order valence-corrected chi connectivity index (χ0v) is 15.6. The van der Waals surface area contributed by atoms with E-state index in [1.807, 2.05) is 42.6 Å². The number of aromatic nitrogens is 2. The topological polar surface area (TPSA) is 86.3 Å². The lowest BCUT2D eigenvalue weighted by Gasteiger charge is -2.15. The van der Waals surface area contributed by atoms with Gasteiger partial charge in [-0.15, -0.1) is 11.3 Å². The van der Waals surface area contributed by atoms with Gasteiger partial charge in [-0.1, -0.05) is 30.3 Å². The Kier molecular flexibility index (Phi) is 4.53. The average molecular weight is 381 g/mol. The van der Waals surface area contributed by atoms with Crippen LogP contribution in [0.3, 0.4) is 0 Å². The highest BCUT2D eigenvalue weighted by molar-refractivity contribution is 7.09. The fourth-order valence-electron chi connectivity index (χ4n) is 3.59. The third kappa shape index (κ3) is 3.38. The van der Waals surface area contributed by atoms with Crippen molar-refractivity contribution in [3.63, 3.8) is 0 Å². The fraction of sp³-hybridized carbons (Fsp3) is 0.250. The zero-order chi connectivity index (χ0) is 19.0. The maximum atomic E-state index is 12.9. The van der Waals surface area contributed by atoms with Crippen LogP contribution in [0.4, 0.5) is 0 Å². The van der Waals surface area contributed by atoms with Gasteiger partial charge in [0, 0.05) is 36.1 Å². The number of nitrogens with one attached hydrogen (secondary N) is 1. The van der Waals surface area contributed by atoms with E-state index in [1.54, 1.807) is 28.5 Å². The number of H-pyrrole nitrogens is 1. The Morgan fingerprint density at radius 1 is 1.26 bits per heavy atom. The van der Waals surface area contributed by atoms with Gasteiger partial charge in [-0.2, -0.15) is 0 Å². The standard InChI is InChI=1S/C20H19N3O3S/c1-12-22-18(11-27-12)14-7-17(21-8-14)19(24)23-9-15(16(10-23)20(25)26)13-5-3-2-4-6-13/h2-8,11,15-16,21H,9-10H2,1H3,(H,25,26)/t15-,16-/m0/s1. The molecule has 0 spiro atoms. The van der Waals surface area contributed by atoms with E-state index in [2.05, 4.69) is 9.97 Å². The molecule has 4 rings (SSSR count). The number of likely N-dealkylation sites (tertiary alicyclic amines) is 1. The molecule has 1 aromatic carbocycles. The van der Waals surface area contributed by atoms with Crippen LogP contribution in [0.1, 0.15) is 27.0 Å². The second-order valence-corrected chi connectivity index (χ2v) is 7.79. The van der Waals surface area contributed by atoms with Gasteiger partial charge in [-0.25, -0.2) is 4.98 Å². The van der Waals surface area contributed by atoms with Crippen molar-refractivity contribution in [2.75, 3.05) is 13.1 Å². The lowest BCUT2D eigenvalue weighted by atomic mass is 9.89. The van der Waals surface area contributed by atoms with Crippen molar-refractivity contribution in [2.24, 2.45) is 5.92 Å². The van der Waals surface area contributed by atoms with Gasteiger partial charge in [0.05, 0.1) is 16.6 Å². The minimum Gasteiger partial charge on any atom is -0.481 e. The summed E-state index contributed by atoms with van der Waals surface area (Å²) in [6.07, 6.45) is 1.77. The molecule has 3 aromatic rings. The molecule has 0 unspecified atom stereocenters. The largest absolute Gasteiger partial charge is 0.481 e. The first-order valence-corrected chi connectivity index (χ1v) is 9.59. The van der Waals surface area contributed by atoms with Crippen molar-refractivity contribution >= 4 is 23.2 Å². The number of rotatable bonds is 4. The van der Waals surface area contributed by atoms with Crippen LogP contribution in [0.2, 0.25) is 0 Å². The number of carboxylic acids is 1. The summed E-state index contributed by atoms with van der Waals surface area (Å²) in [5, 5.41) is 12.5. The quantitative estimate of drug-likeness (QED) is 0.725. The summed E-state index contributed by atoms with van der Waals surface area (Å²) < 4.78 is 0. The maximum absolute atomic E-state index is 12.9. The Morgan fingerprint density at radius 3 is 2.70 bits per heavy atom. The van der Waals surface area contributed by atoms with E-state index in [0.29, 0.717) is 12.2 Å². The minimum absolute atomic E-state index is 0.183. The smallest absolute Gasteiger partial charge is 0.308 e. The number of carbonyl (C=O) groups is 2. The molecule has 3 heterocycles. The molecule has 1 fully saturated rings. The number of benzene rings is 1. The van der Waals surface area contributed by atoms with Gasteiger partial charge >= 0.3 is 5.97 Å². The molecule has 2 N–H and O–H groups in total. The fourth-order valence-corrected chi connectivity index (χ4v) is 4.21. The van der Waals surface area contributed by atoms with Gasteiger partial charge in [-0.3, -0.25) is 9.59 Å². The predicted octanol–water partition coefficient (Wildman–Crippen LogP) is 3.39. The Bertz CT molecular complexity index is 979. The Labute approximate surface area is 160 Å². The second kappa shape index (κ2) is 7.00. The Morgan fingerprint density at radius 2 is 2.04 bits per heavy atom. The minimum atomic E-state index is -0.871. The molecule has 2 atom stereocenters. The SMILES string of the molecule is Cc1nc(-c2c[nH]c(C(=O)N3C[C@H](C(=O)O)[C@H](c4ccccc4)C3)c2)cs1. The second-order valence-electron chi connectivity index (χ2n) is 6.73. The van der Waals surface area contributed by atoms with E-state index < -0.39 is 11.9 Å². The van der Waals surface area contributed by atoms with Crippen LogP contribution in [0.15, 0.2) is 48.0 Å². The number of thiazole rings is 1. The molecule has 0 radical (unpaired) electrons. The molecule has 138 valence electrons. The summed E-state index contributed by atoms with van der Waals surface area (Å²) >= 11 is 1.56. The zero-order valence-electron chi connectivity index (χ0n) is 14.8. The number of aliphatic carboxylic acids is 1. The first kappa shape index (κ1) is 17.5. The lowest BCUT2D eigenvalue weighted by molar-refractivity contribution is -0.141. The monoisotopic (exact) mass is 381 g/mol. The number of nitrogens with zero attached hydrogens (tertiary/aromatic N) is 2. The van der Waals surface area contributed by atoms with Gasteiger partial charge < -0.3 is 15.0 Å². The molecule has 1 aliphatic heterocycles. The summed E-state index contributed by atoms with van der Waals surface area (Å²) in [6.45, 7) is 2.54. The number of hydrogen-bond acceptors (Lipinski definition) is 4. The molecule has 1 saturated heterocycles. The van der Waals surface area contributed by atoms with Crippen LogP contribution >= 0.6 is 11.3 Å². The van der Waals surface area contributed by atoms with Crippen LogP contribution in [0.25, 0.3) is 11.3 Å². The molecule has 1 amide bonds. The predicted molar refractivity (Wildman–Crippen MR) is 103 cm³/mol. The molecule has 0 aliphatic carbocycles. The highest BCUT2D eigenvalue weighted by atomic mass is 32.1. The van der Waals surface area contributed by atoms with Crippen molar-refractivity contribution in [2.45, 2.75) is 12.8 Å². The number of aromatic amines is 1. The van der Waals surface area contributed by atoms with Gasteiger partial charge in [0.15, 0.2) is 0 Å².